The van der Waals surface area contributed by atoms with Crippen LogP contribution in [0.4, 0.5) is 5.13 Å². The molecule has 3 nitrogen and oxygen atoms in total. The van der Waals surface area contributed by atoms with E-state index in [1.807, 2.05) is 0 Å². The van der Waals surface area contributed by atoms with Crippen LogP contribution in [0.15, 0.2) is 15.9 Å². The molecule has 2 heterocycles. The van der Waals surface area contributed by atoms with E-state index in [-0.39, 0.29) is 0 Å². The fraction of sp³-hybridized carbons (Fsp3) is 0.333. The Morgan fingerprint density at radius 1 is 1.47 bits per heavy atom. The van der Waals surface area contributed by atoms with E-state index in [1.54, 1.807) is 22.7 Å². The highest BCUT2D eigenvalue weighted by Gasteiger charge is 2.02. The van der Waals surface area contributed by atoms with Crippen LogP contribution in [-0.2, 0) is 13.0 Å². The van der Waals surface area contributed by atoms with Crippen molar-refractivity contribution in [1.29, 1.82) is 0 Å². The molecular weight excluding hydrogens is 294 g/mol. The predicted octanol–water partition coefficient (Wildman–Crippen LogP) is 3.54. The summed E-state index contributed by atoms with van der Waals surface area (Å²) in [7, 11) is 0. The lowest BCUT2D eigenvalue weighted by Crippen LogP contribution is -1.96. The lowest BCUT2D eigenvalue weighted by atomic mass is 10.5. The van der Waals surface area contributed by atoms with E-state index in [1.165, 1.54) is 4.88 Å². The van der Waals surface area contributed by atoms with Crippen LogP contribution in [0, 0.1) is 0 Å². The van der Waals surface area contributed by atoms with Crippen LogP contribution in [0.5, 0.6) is 0 Å². The predicted molar refractivity (Wildman–Crippen MR) is 68.6 cm³/mol. The van der Waals surface area contributed by atoms with Crippen molar-refractivity contribution in [1.82, 2.24) is 10.2 Å². The second-order valence-electron chi connectivity index (χ2n) is 2.94. The molecule has 2 rings (SSSR count). The number of anilines is 1. The van der Waals surface area contributed by atoms with Crippen molar-refractivity contribution in [3.8, 4) is 0 Å². The van der Waals surface area contributed by atoms with Crippen LogP contribution < -0.4 is 5.32 Å². The largest absolute Gasteiger partial charge is 0.355 e. The summed E-state index contributed by atoms with van der Waals surface area (Å²) in [6.45, 7) is 2.90. The molecule has 0 aromatic carbocycles. The number of hydrogen-bond donors (Lipinski definition) is 1. The Labute approximate surface area is 105 Å². The lowest BCUT2D eigenvalue weighted by Gasteiger charge is -1.97. The molecular formula is C9H10BrN3S2. The van der Waals surface area contributed by atoms with Gasteiger partial charge in [0.15, 0.2) is 0 Å². The number of nitrogens with one attached hydrogen (secondary N) is 1. The second-order valence-corrected chi connectivity index (χ2v) is 5.91. The quantitative estimate of drug-likeness (QED) is 0.939. The Hall–Kier alpha value is -0.460. The molecule has 15 heavy (non-hydrogen) atoms. The monoisotopic (exact) mass is 303 g/mol. The van der Waals surface area contributed by atoms with Gasteiger partial charge in [-0.25, -0.2) is 0 Å². The summed E-state index contributed by atoms with van der Waals surface area (Å²) in [5, 5.41) is 15.4. The normalized spacial score (nSPS) is 10.5. The molecule has 0 bridgehead atoms. The molecule has 0 spiro atoms. The maximum Gasteiger partial charge on any atom is 0.205 e. The van der Waals surface area contributed by atoms with E-state index in [0.29, 0.717) is 0 Å². The minimum Gasteiger partial charge on any atom is -0.355 e. The first-order valence-electron chi connectivity index (χ1n) is 4.57. The number of rotatable bonds is 4. The zero-order chi connectivity index (χ0) is 10.7. The van der Waals surface area contributed by atoms with E-state index in [2.05, 4.69) is 49.8 Å². The number of aromatic nitrogens is 2. The minimum absolute atomic E-state index is 0.814. The van der Waals surface area contributed by atoms with Gasteiger partial charge in [-0.2, -0.15) is 0 Å². The summed E-state index contributed by atoms with van der Waals surface area (Å²) in [5.74, 6) is 0. The molecule has 0 aliphatic rings. The van der Waals surface area contributed by atoms with Gasteiger partial charge >= 0.3 is 0 Å². The number of nitrogens with zero attached hydrogens (tertiary/aromatic N) is 2. The van der Waals surface area contributed by atoms with Crippen LogP contribution in [0.25, 0.3) is 0 Å². The fourth-order valence-electron chi connectivity index (χ4n) is 1.08. The van der Waals surface area contributed by atoms with Gasteiger partial charge in [0.2, 0.25) is 5.13 Å². The molecule has 1 N–H and O–H groups in total. The topological polar surface area (TPSA) is 37.8 Å². The van der Waals surface area contributed by atoms with Crippen molar-refractivity contribution < 1.29 is 0 Å². The Balaban J connectivity index is 1.93. The lowest BCUT2D eigenvalue weighted by molar-refractivity contribution is 0.977. The number of halogens is 1. The van der Waals surface area contributed by atoms with Crippen LogP contribution in [-0.4, -0.2) is 10.2 Å². The first-order chi connectivity index (χ1) is 7.28. The van der Waals surface area contributed by atoms with Gasteiger partial charge in [0.25, 0.3) is 0 Å². The summed E-state index contributed by atoms with van der Waals surface area (Å²) in [6, 6.07) is 2.11. The first kappa shape index (κ1) is 11.0. The molecule has 0 aliphatic carbocycles. The molecule has 0 amide bonds. The van der Waals surface area contributed by atoms with E-state index in [0.717, 1.165) is 27.6 Å². The Bertz CT molecular complexity index is 438. The van der Waals surface area contributed by atoms with Crippen molar-refractivity contribution in [2.75, 3.05) is 5.32 Å². The third kappa shape index (κ3) is 2.99. The molecule has 0 radical (unpaired) electrons. The van der Waals surface area contributed by atoms with Gasteiger partial charge in [-0.05, 0) is 28.4 Å². The van der Waals surface area contributed by atoms with Gasteiger partial charge in [0.1, 0.15) is 5.01 Å². The molecule has 80 valence electrons. The van der Waals surface area contributed by atoms with Crippen molar-refractivity contribution in [3.05, 3.63) is 25.8 Å². The maximum absolute atomic E-state index is 4.06. The average molecular weight is 304 g/mol. The maximum atomic E-state index is 4.06. The number of aryl methyl sites for hydroxylation is 1. The third-order valence-corrected chi connectivity index (χ3v) is 4.53. The molecule has 0 saturated carbocycles. The smallest absolute Gasteiger partial charge is 0.205 e. The standard InChI is InChI=1S/C9H10BrN3S2/c1-2-8-12-13-9(15-8)11-4-7-3-6(10)5-14-7/h3,5H,2,4H2,1H3,(H,11,13). The highest BCUT2D eigenvalue weighted by molar-refractivity contribution is 9.10. The molecule has 6 heteroatoms. The second kappa shape index (κ2) is 5.05. The van der Waals surface area contributed by atoms with Crippen LogP contribution in [0.1, 0.15) is 16.8 Å². The van der Waals surface area contributed by atoms with E-state index in [4.69, 9.17) is 0 Å². The minimum atomic E-state index is 0.814. The third-order valence-electron chi connectivity index (χ3n) is 1.80. The van der Waals surface area contributed by atoms with Crippen molar-refractivity contribution >= 4 is 43.7 Å². The van der Waals surface area contributed by atoms with Gasteiger partial charge in [-0.1, -0.05) is 18.3 Å². The van der Waals surface area contributed by atoms with Crippen LogP contribution in [0.3, 0.4) is 0 Å². The summed E-state index contributed by atoms with van der Waals surface area (Å²) in [6.07, 6.45) is 0.948. The van der Waals surface area contributed by atoms with Gasteiger partial charge in [-0.3, -0.25) is 0 Å². The average Bonchev–Trinajstić information content (AvgIpc) is 2.83. The zero-order valence-corrected chi connectivity index (χ0v) is 11.4. The highest BCUT2D eigenvalue weighted by Crippen LogP contribution is 2.22. The molecule has 0 aliphatic heterocycles. The van der Waals surface area contributed by atoms with Gasteiger partial charge in [0, 0.05) is 14.7 Å². The van der Waals surface area contributed by atoms with E-state index in [9.17, 15) is 0 Å². The number of hydrogen-bond acceptors (Lipinski definition) is 5. The summed E-state index contributed by atoms with van der Waals surface area (Å²) >= 11 is 6.78. The molecule has 0 fully saturated rings. The van der Waals surface area contributed by atoms with Crippen molar-refractivity contribution in [2.45, 2.75) is 19.9 Å². The van der Waals surface area contributed by atoms with Gasteiger partial charge in [-0.15, -0.1) is 21.5 Å². The Morgan fingerprint density at radius 2 is 2.33 bits per heavy atom. The summed E-state index contributed by atoms with van der Waals surface area (Å²) < 4.78 is 1.14. The Morgan fingerprint density at radius 3 is 2.93 bits per heavy atom. The molecule has 2 aromatic rings. The van der Waals surface area contributed by atoms with Crippen molar-refractivity contribution in [2.24, 2.45) is 0 Å². The molecule has 0 atom stereocenters. The SMILES string of the molecule is CCc1nnc(NCc2cc(Br)cs2)s1. The van der Waals surface area contributed by atoms with Gasteiger partial charge < -0.3 is 5.32 Å². The molecule has 0 saturated heterocycles. The van der Waals surface area contributed by atoms with Crippen molar-refractivity contribution in [3.63, 3.8) is 0 Å². The zero-order valence-electron chi connectivity index (χ0n) is 8.16. The highest BCUT2D eigenvalue weighted by atomic mass is 79.9. The van der Waals surface area contributed by atoms with Crippen LogP contribution >= 0.6 is 38.6 Å². The molecule has 2 aromatic heterocycles. The summed E-state index contributed by atoms with van der Waals surface area (Å²) in [5.41, 5.74) is 0. The van der Waals surface area contributed by atoms with E-state index >= 15 is 0 Å². The fourth-order valence-corrected chi connectivity index (χ4v) is 3.14. The summed E-state index contributed by atoms with van der Waals surface area (Å²) in [4.78, 5) is 1.29. The Kier molecular flexibility index (Phi) is 3.71. The molecule has 0 unspecified atom stereocenters. The van der Waals surface area contributed by atoms with Gasteiger partial charge in [0.05, 0.1) is 6.54 Å². The first-order valence-corrected chi connectivity index (χ1v) is 7.06. The number of thiophene rings is 1. The van der Waals surface area contributed by atoms with E-state index < -0.39 is 0 Å². The van der Waals surface area contributed by atoms with Crippen LogP contribution in [0.2, 0.25) is 0 Å².